The van der Waals surface area contributed by atoms with E-state index in [1.54, 1.807) is 12.1 Å². The van der Waals surface area contributed by atoms with Crippen molar-refractivity contribution >= 4 is 11.8 Å². The molecule has 2 rings (SSSR count). The maximum atomic E-state index is 13.7. The van der Waals surface area contributed by atoms with Gasteiger partial charge in [0.05, 0.1) is 0 Å². The lowest BCUT2D eigenvalue weighted by molar-refractivity contribution is -0.0307. The minimum Gasteiger partial charge on any atom is -0.505 e. The number of aliphatic hydroxyl groups excluding tert-OH is 1. The van der Waals surface area contributed by atoms with Crippen molar-refractivity contribution < 1.29 is 28.9 Å². The van der Waals surface area contributed by atoms with Crippen molar-refractivity contribution in [1.29, 1.82) is 0 Å². The van der Waals surface area contributed by atoms with Crippen LogP contribution >= 0.6 is 0 Å². The van der Waals surface area contributed by atoms with Crippen LogP contribution in [0.15, 0.2) is 42.5 Å². The summed E-state index contributed by atoms with van der Waals surface area (Å²) >= 11 is 0. The highest BCUT2D eigenvalue weighted by Gasteiger charge is 2.28. The molecular weight excluding hydrogens is 341 g/mol. The number of nitrogens with one attached hydrogen (secondary N) is 1. The lowest BCUT2D eigenvalue weighted by Crippen LogP contribution is -2.29. The van der Waals surface area contributed by atoms with Gasteiger partial charge in [-0.1, -0.05) is 23.8 Å². The number of carbonyl (C=O) groups is 1. The number of aryl methyl sites for hydroxylation is 1. The zero-order valence-corrected chi connectivity index (χ0v) is 14.6. The minimum absolute atomic E-state index is 0.182. The number of aromatic hydroxyl groups is 1. The topological polar surface area (TPSA) is 88.0 Å². The lowest BCUT2D eigenvalue weighted by Gasteiger charge is -2.26. The molecule has 0 saturated heterocycles. The number of aliphatic hydroxyl groups is 1. The van der Waals surface area contributed by atoms with E-state index in [1.807, 2.05) is 19.1 Å². The van der Waals surface area contributed by atoms with Crippen LogP contribution in [-0.2, 0) is 9.47 Å². The number of phenolic OH excluding ortho intramolecular Hbond substituents is 1. The second-order valence-corrected chi connectivity index (χ2v) is 5.81. The maximum Gasteiger partial charge on any atom is 0.412 e. The number of anilines is 1. The fraction of sp³-hybridized carbons (Fsp3) is 0.316. The van der Waals surface area contributed by atoms with Gasteiger partial charge in [0, 0.05) is 25.8 Å². The average molecular weight is 363 g/mol. The van der Waals surface area contributed by atoms with Crippen LogP contribution in [0.4, 0.5) is 14.9 Å². The number of rotatable bonds is 7. The van der Waals surface area contributed by atoms with Gasteiger partial charge in [0.15, 0.2) is 17.7 Å². The van der Waals surface area contributed by atoms with Gasteiger partial charge in [-0.25, -0.2) is 9.18 Å². The van der Waals surface area contributed by atoms with Crippen LogP contribution in [0.25, 0.3) is 0 Å². The summed E-state index contributed by atoms with van der Waals surface area (Å²) < 4.78 is 24.4. The fourth-order valence-corrected chi connectivity index (χ4v) is 2.48. The number of hydrogen-bond donors (Lipinski definition) is 3. The quantitative estimate of drug-likeness (QED) is 0.700. The van der Waals surface area contributed by atoms with Crippen LogP contribution < -0.4 is 5.32 Å². The summed E-state index contributed by atoms with van der Waals surface area (Å²) in [6, 6.07) is 10.8. The molecule has 2 aromatic rings. The summed E-state index contributed by atoms with van der Waals surface area (Å²) in [6.45, 7) is 1.73. The van der Waals surface area contributed by atoms with E-state index in [4.69, 9.17) is 9.47 Å². The molecule has 7 heteroatoms. The van der Waals surface area contributed by atoms with Crippen LogP contribution in [0.1, 0.15) is 23.7 Å². The molecule has 0 radical (unpaired) electrons. The van der Waals surface area contributed by atoms with Crippen LogP contribution in [0.2, 0.25) is 0 Å². The zero-order valence-electron chi connectivity index (χ0n) is 14.6. The average Bonchev–Trinajstić information content (AvgIpc) is 2.62. The number of halogens is 1. The Balaban J connectivity index is 2.20. The number of carbonyl (C=O) groups excluding carboxylic acids is 1. The van der Waals surface area contributed by atoms with Crippen LogP contribution in [0.5, 0.6) is 5.75 Å². The summed E-state index contributed by atoms with van der Waals surface area (Å²) in [7, 11) is 1.41. The molecule has 140 valence electrons. The molecule has 0 fully saturated rings. The molecule has 6 nitrogen and oxygen atoms in total. The highest BCUT2D eigenvalue weighted by molar-refractivity contribution is 5.84. The molecule has 0 spiro atoms. The highest BCUT2D eigenvalue weighted by Crippen LogP contribution is 2.29. The van der Waals surface area contributed by atoms with Gasteiger partial charge in [-0.2, -0.15) is 0 Å². The molecule has 26 heavy (non-hydrogen) atoms. The van der Waals surface area contributed by atoms with Crippen LogP contribution in [0.3, 0.4) is 0 Å². The molecule has 0 aliphatic heterocycles. The fourth-order valence-electron chi connectivity index (χ4n) is 2.48. The summed E-state index contributed by atoms with van der Waals surface area (Å²) in [5, 5.41) is 21.2. The van der Waals surface area contributed by atoms with Crippen molar-refractivity contribution in [3.05, 3.63) is 59.4 Å². The molecule has 2 atom stereocenters. The Kier molecular flexibility index (Phi) is 6.94. The number of benzene rings is 2. The molecular formula is C19H22FNO5. The van der Waals surface area contributed by atoms with E-state index in [0.717, 1.165) is 11.6 Å². The molecule has 0 bridgehead atoms. The Morgan fingerprint density at radius 3 is 2.50 bits per heavy atom. The Bertz CT molecular complexity index is 735. The predicted molar refractivity (Wildman–Crippen MR) is 94.6 cm³/mol. The predicted octanol–water partition coefficient (Wildman–Crippen LogP) is 3.53. The van der Waals surface area contributed by atoms with Crippen LogP contribution in [0, 0.1) is 12.7 Å². The van der Waals surface area contributed by atoms with E-state index in [-0.39, 0.29) is 13.0 Å². The van der Waals surface area contributed by atoms with Crippen LogP contribution in [-0.4, -0.2) is 36.1 Å². The molecule has 0 aliphatic rings. The Hall–Kier alpha value is -2.64. The Morgan fingerprint density at radius 1 is 1.23 bits per heavy atom. The van der Waals surface area contributed by atoms with Gasteiger partial charge in [-0.15, -0.1) is 0 Å². The Morgan fingerprint density at radius 2 is 1.92 bits per heavy atom. The van der Waals surface area contributed by atoms with E-state index < -0.39 is 29.9 Å². The van der Waals surface area contributed by atoms with Gasteiger partial charge in [-0.3, -0.25) is 5.32 Å². The second-order valence-electron chi connectivity index (χ2n) is 5.81. The van der Waals surface area contributed by atoms with Gasteiger partial charge in [0.2, 0.25) is 0 Å². The zero-order chi connectivity index (χ0) is 19.1. The lowest BCUT2D eigenvalue weighted by atomic mass is 10.0. The summed E-state index contributed by atoms with van der Waals surface area (Å²) in [5.74, 6) is -1.35. The van der Waals surface area contributed by atoms with Crippen molar-refractivity contribution in [3.63, 3.8) is 0 Å². The van der Waals surface area contributed by atoms with Gasteiger partial charge >= 0.3 is 6.09 Å². The molecule has 1 amide bonds. The highest BCUT2D eigenvalue weighted by atomic mass is 19.1. The molecule has 0 heterocycles. The van der Waals surface area contributed by atoms with E-state index in [1.165, 1.54) is 19.2 Å². The molecule has 0 aromatic heterocycles. The smallest absolute Gasteiger partial charge is 0.412 e. The van der Waals surface area contributed by atoms with Gasteiger partial charge in [0.1, 0.15) is 6.10 Å². The number of amides is 1. The first-order valence-electron chi connectivity index (χ1n) is 8.11. The molecule has 0 unspecified atom stereocenters. The van der Waals surface area contributed by atoms with E-state index in [2.05, 4.69) is 5.32 Å². The normalized spacial score (nSPS) is 13.1. The summed E-state index contributed by atoms with van der Waals surface area (Å²) in [5.41, 5.74) is 1.90. The van der Waals surface area contributed by atoms with E-state index >= 15 is 0 Å². The molecule has 0 aliphatic carbocycles. The van der Waals surface area contributed by atoms with Gasteiger partial charge < -0.3 is 19.7 Å². The number of methoxy groups -OCH3 is 1. The van der Waals surface area contributed by atoms with Gasteiger partial charge in [-0.05, 0) is 36.8 Å². The van der Waals surface area contributed by atoms with Crippen molar-refractivity contribution in [3.8, 4) is 5.75 Å². The number of ether oxygens (including phenoxy) is 2. The largest absolute Gasteiger partial charge is 0.505 e. The third-order valence-corrected chi connectivity index (χ3v) is 3.89. The standard InChI is InChI=1S/C19H22FNO5/c1-12-3-6-14(7-4-12)21-19(24)26-18(17(25-2)9-10-22)13-5-8-16(23)15(20)11-13/h3-8,11,17-18,22-23H,9-10H2,1-2H3,(H,21,24)/t17-,18-/m0/s1. The van der Waals surface area contributed by atoms with Gasteiger partial charge in [0.25, 0.3) is 0 Å². The molecule has 3 N–H and O–H groups in total. The monoisotopic (exact) mass is 363 g/mol. The van der Waals surface area contributed by atoms with E-state index in [0.29, 0.717) is 11.3 Å². The molecule has 2 aromatic carbocycles. The third-order valence-electron chi connectivity index (χ3n) is 3.89. The van der Waals surface area contributed by atoms with E-state index in [9.17, 15) is 19.4 Å². The van der Waals surface area contributed by atoms with Crippen molar-refractivity contribution in [2.45, 2.75) is 25.6 Å². The van der Waals surface area contributed by atoms with Crippen molar-refractivity contribution in [2.24, 2.45) is 0 Å². The first kappa shape index (κ1) is 19.7. The number of phenols is 1. The van der Waals surface area contributed by atoms with Crippen molar-refractivity contribution in [1.82, 2.24) is 0 Å². The first-order chi connectivity index (χ1) is 12.4. The summed E-state index contributed by atoms with van der Waals surface area (Å²) in [4.78, 5) is 12.3. The minimum atomic E-state index is -0.965. The molecule has 0 saturated carbocycles. The second kappa shape index (κ2) is 9.17. The number of hydrogen-bond acceptors (Lipinski definition) is 5. The third kappa shape index (κ3) is 5.18. The maximum absolute atomic E-state index is 13.7. The summed E-state index contributed by atoms with van der Waals surface area (Å²) in [6.07, 6.45) is -2.21. The Labute approximate surface area is 151 Å². The first-order valence-corrected chi connectivity index (χ1v) is 8.11. The van der Waals surface area contributed by atoms with Crippen molar-refractivity contribution in [2.75, 3.05) is 19.0 Å². The SMILES string of the molecule is CO[C@@H](CCO)[C@@H](OC(=O)Nc1ccc(C)cc1)c1ccc(O)c(F)c1.